The number of nitrogens with two attached hydrogens (primary N) is 1. The summed E-state index contributed by atoms with van der Waals surface area (Å²) in [5.41, 5.74) is 3.40. The standard InChI is InChI=1S/C9H15N3O3/c1-4-8(2,3)9(10)5(13)11-7(15)12-6(9)14/h4,10H2,1-3H3,(H2,11,12,13,14,15). The first-order valence-corrected chi connectivity index (χ1v) is 4.71. The van der Waals surface area contributed by atoms with Crippen LogP contribution in [0.1, 0.15) is 27.2 Å². The van der Waals surface area contributed by atoms with E-state index in [-0.39, 0.29) is 0 Å². The van der Waals surface area contributed by atoms with E-state index in [4.69, 9.17) is 5.73 Å². The molecule has 6 heteroatoms. The molecule has 0 aromatic rings. The maximum Gasteiger partial charge on any atom is 0.328 e. The van der Waals surface area contributed by atoms with Crippen LogP contribution >= 0.6 is 0 Å². The van der Waals surface area contributed by atoms with Crippen molar-refractivity contribution in [1.82, 2.24) is 10.6 Å². The van der Waals surface area contributed by atoms with Crippen LogP contribution in [0.2, 0.25) is 0 Å². The van der Waals surface area contributed by atoms with Crippen LogP contribution in [0.4, 0.5) is 4.79 Å². The number of barbiturate groups is 1. The summed E-state index contributed by atoms with van der Waals surface area (Å²) in [6, 6.07) is -0.821. The molecule has 0 saturated carbocycles. The van der Waals surface area contributed by atoms with Crippen LogP contribution in [0.3, 0.4) is 0 Å². The second kappa shape index (κ2) is 3.30. The minimum Gasteiger partial charge on any atom is -0.309 e. The summed E-state index contributed by atoms with van der Waals surface area (Å²) in [5, 5.41) is 4.01. The maximum atomic E-state index is 11.6. The summed E-state index contributed by atoms with van der Waals surface area (Å²) in [6.45, 7) is 5.25. The van der Waals surface area contributed by atoms with Gasteiger partial charge in [-0.1, -0.05) is 20.8 Å². The van der Waals surface area contributed by atoms with E-state index < -0.39 is 28.8 Å². The maximum absolute atomic E-state index is 11.6. The predicted octanol–water partition coefficient (Wildman–Crippen LogP) is -0.514. The average molecular weight is 213 g/mol. The quantitative estimate of drug-likeness (QED) is 0.537. The number of urea groups is 1. The molecule has 0 unspecified atom stereocenters. The zero-order valence-electron chi connectivity index (χ0n) is 9.01. The number of rotatable bonds is 2. The Morgan fingerprint density at radius 1 is 1.20 bits per heavy atom. The second-order valence-electron chi connectivity index (χ2n) is 4.28. The van der Waals surface area contributed by atoms with E-state index in [0.717, 1.165) is 0 Å². The molecule has 4 N–H and O–H groups in total. The molecule has 0 spiro atoms. The van der Waals surface area contributed by atoms with E-state index in [2.05, 4.69) is 0 Å². The van der Waals surface area contributed by atoms with Gasteiger partial charge in [0.1, 0.15) is 0 Å². The molecule has 1 fully saturated rings. The number of hydrogen-bond acceptors (Lipinski definition) is 4. The van der Waals surface area contributed by atoms with E-state index >= 15 is 0 Å². The third-order valence-corrected chi connectivity index (χ3v) is 3.12. The minimum atomic E-state index is -1.70. The molecule has 1 rings (SSSR count). The van der Waals surface area contributed by atoms with Crippen molar-refractivity contribution in [2.75, 3.05) is 0 Å². The van der Waals surface area contributed by atoms with Gasteiger partial charge < -0.3 is 5.73 Å². The minimum absolute atomic E-state index is 0.540. The van der Waals surface area contributed by atoms with Crippen LogP contribution in [0, 0.1) is 5.41 Å². The Morgan fingerprint density at radius 2 is 1.60 bits per heavy atom. The molecule has 1 saturated heterocycles. The van der Waals surface area contributed by atoms with Gasteiger partial charge in [0.25, 0.3) is 11.8 Å². The van der Waals surface area contributed by atoms with Crippen LogP contribution in [0.5, 0.6) is 0 Å². The lowest BCUT2D eigenvalue weighted by Gasteiger charge is -2.42. The molecule has 84 valence electrons. The molecule has 6 nitrogen and oxygen atoms in total. The number of nitrogens with one attached hydrogen (secondary N) is 2. The van der Waals surface area contributed by atoms with Gasteiger partial charge in [0.05, 0.1) is 0 Å². The molecular weight excluding hydrogens is 198 g/mol. The number of hydrogen-bond donors (Lipinski definition) is 3. The lowest BCUT2D eigenvalue weighted by atomic mass is 9.69. The molecule has 0 radical (unpaired) electrons. The van der Waals surface area contributed by atoms with Crippen LogP contribution < -0.4 is 16.4 Å². The molecule has 4 amide bonds. The second-order valence-corrected chi connectivity index (χ2v) is 4.28. The van der Waals surface area contributed by atoms with Gasteiger partial charge in [-0.25, -0.2) is 4.79 Å². The first-order valence-electron chi connectivity index (χ1n) is 4.71. The van der Waals surface area contributed by atoms with Gasteiger partial charge in [0.15, 0.2) is 5.54 Å². The van der Waals surface area contributed by atoms with Crippen molar-refractivity contribution in [2.45, 2.75) is 32.7 Å². The Kier molecular flexibility index (Phi) is 2.56. The molecule has 0 atom stereocenters. The van der Waals surface area contributed by atoms with Gasteiger partial charge in [0, 0.05) is 5.41 Å². The molecule has 15 heavy (non-hydrogen) atoms. The Morgan fingerprint density at radius 3 is 1.93 bits per heavy atom. The summed E-state index contributed by atoms with van der Waals surface area (Å²) >= 11 is 0. The van der Waals surface area contributed by atoms with Crippen molar-refractivity contribution in [1.29, 1.82) is 0 Å². The summed E-state index contributed by atoms with van der Waals surface area (Å²) in [4.78, 5) is 34.1. The Bertz CT molecular complexity index is 315. The Labute approximate surface area is 87.6 Å². The van der Waals surface area contributed by atoms with Gasteiger partial charge in [-0.2, -0.15) is 0 Å². The summed E-state index contributed by atoms with van der Waals surface area (Å²) in [6.07, 6.45) is 0.540. The highest BCUT2D eigenvalue weighted by Crippen LogP contribution is 2.33. The van der Waals surface area contributed by atoms with Gasteiger partial charge in [-0.3, -0.25) is 20.2 Å². The molecule has 0 aliphatic carbocycles. The van der Waals surface area contributed by atoms with Gasteiger partial charge >= 0.3 is 6.03 Å². The number of carbonyl (C=O) groups is 3. The SMILES string of the molecule is CCC(C)(C)C1(N)C(=O)NC(=O)NC1=O. The van der Waals surface area contributed by atoms with E-state index in [1.54, 1.807) is 13.8 Å². The number of imide groups is 2. The Hall–Kier alpha value is -1.43. The summed E-state index contributed by atoms with van der Waals surface area (Å²) < 4.78 is 0. The fraction of sp³-hybridized carbons (Fsp3) is 0.667. The fourth-order valence-corrected chi connectivity index (χ4v) is 1.43. The van der Waals surface area contributed by atoms with Crippen molar-refractivity contribution >= 4 is 17.8 Å². The highest BCUT2D eigenvalue weighted by molar-refractivity contribution is 6.22. The molecular formula is C9H15N3O3. The van der Waals surface area contributed by atoms with E-state index in [9.17, 15) is 14.4 Å². The van der Waals surface area contributed by atoms with Crippen molar-refractivity contribution in [2.24, 2.45) is 11.1 Å². The van der Waals surface area contributed by atoms with Crippen molar-refractivity contribution in [3.63, 3.8) is 0 Å². The van der Waals surface area contributed by atoms with Gasteiger partial charge in [0.2, 0.25) is 0 Å². The first-order chi connectivity index (χ1) is 6.75. The zero-order valence-corrected chi connectivity index (χ0v) is 9.01. The third-order valence-electron chi connectivity index (χ3n) is 3.12. The third kappa shape index (κ3) is 1.50. The van der Waals surface area contributed by atoms with Crippen LogP contribution in [-0.2, 0) is 9.59 Å². The average Bonchev–Trinajstić information content (AvgIpc) is 2.13. The highest BCUT2D eigenvalue weighted by atomic mass is 16.2. The number of amides is 4. The monoisotopic (exact) mass is 213 g/mol. The number of carbonyl (C=O) groups excluding carboxylic acids is 3. The van der Waals surface area contributed by atoms with Gasteiger partial charge in [-0.05, 0) is 6.42 Å². The zero-order chi connectivity index (χ0) is 11.9. The summed E-state index contributed by atoms with van der Waals surface area (Å²) in [7, 11) is 0. The normalized spacial score (nSPS) is 20.9. The Balaban J connectivity index is 3.16. The van der Waals surface area contributed by atoms with Crippen LogP contribution in [0.15, 0.2) is 0 Å². The largest absolute Gasteiger partial charge is 0.328 e. The van der Waals surface area contributed by atoms with E-state index in [1.165, 1.54) is 0 Å². The highest BCUT2D eigenvalue weighted by Gasteiger charge is 2.56. The fourth-order valence-electron chi connectivity index (χ4n) is 1.43. The first kappa shape index (κ1) is 11.6. The summed E-state index contributed by atoms with van der Waals surface area (Å²) in [5.74, 6) is -1.49. The van der Waals surface area contributed by atoms with Crippen molar-refractivity contribution < 1.29 is 14.4 Å². The van der Waals surface area contributed by atoms with Crippen LogP contribution in [-0.4, -0.2) is 23.4 Å². The van der Waals surface area contributed by atoms with E-state index in [0.29, 0.717) is 6.42 Å². The predicted molar refractivity (Wildman–Crippen MR) is 52.7 cm³/mol. The lowest BCUT2D eigenvalue weighted by Crippen LogP contribution is -2.76. The topological polar surface area (TPSA) is 101 Å². The smallest absolute Gasteiger partial charge is 0.309 e. The molecule has 1 aliphatic rings. The molecule has 0 aromatic heterocycles. The van der Waals surface area contributed by atoms with Gasteiger partial charge in [-0.15, -0.1) is 0 Å². The van der Waals surface area contributed by atoms with Crippen molar-refractivity contribution in [3.8, 4) is 0 Å². The lowest BCUT2D eigenvalue weighted by molar-refractivity contribution is -0.143. The molecule has 1 heterocycles. The molecule has 1 aliphatic heterocycles. The molecule has 0 bridgehead atoms. The van der Waals surface area contributed by atoms with Crippen molar-refractivity contribution in [3.05, 3.63) is 0 Å². The molecule has 0 aromatic carbocycles. The van der Waals surface area contributed by atoms with E-state index in [1.807, 2.05) is 17.6 Å². The van der Waals surface area contributed by atoms with Crippen LogP contribution in [0.25, 0.3) is 0 Å².